The van der Waals surface area contributed by atoms with Gasteiger partial charge in [-0.3, -0.25) is 4.79 Å². The van der Waals surface area contributed by atoms with Gasteiger partial charge in [-0.2, -0.15) is 0 Å². The number of halogens is 2. The van der Waals surface area contributed by atoms with E-state index >= 15 is 0 Å². The van der Waals surface area contributed by atoms with Crippen LogP contribution in [0.15, 0.2) is 56.5 Å². The van der Waals surface area contributed by atoms with Crippen molar-refractivity contribution >= 4 is 49.8 Å². The third-order valence-electron chi connectivity index (χ3n) is 4.51. The predicted octanol–water partition coefficient (Wildman–Crippen LogP) is 6.45. The van der Waals surface area contributed by atoms with Gasteiger partial charge in [0.2, 0.25) is 0 Å². The second kappa shape index (κ2) is 8.89. The van der Waals surface area contributed by atoms with Crippen molar-refractivity contribution in [3.63, 3.8) is 0 Å². The van der Waals surface area contributed by atoms with Crippen LogP contribution in [0.1, 0.15) is 30.4 Å². The molecule has 3 rings (SSSR count). The lowest BCUT2D eigenvalue weighted by Gasteiger charge is -2.17. The van der Waals surface area contributed by atoms with Crippen molar-refractivity contribution in [2.75, 3.05) is 14.2 Å². The molecule has 0 spiro atoms. The first kappa shape index (κ1) is 19.9. The first-order chi connectivity index (χ1) is 13.0. The van der Waals surface area contributed by atoms with Crippen LogP contribution < -0.4 is 9.47 Å². The van der Waals surface area contributed by atoms with Crippen LogP contribution in [0, 0.1) is 0 Å². The van der Waals surface area contributed by atoms with E-state index in [1.54, 1.807) is 14.2 Å². The number of ketones is 1. The fourth-order valence-electron chi connectivity index (χ4n) is 3.13. The number of benzene rings is 2. The van der Waals surface area contributed by atoms with E-state index in [9.17, 15) is 4.79 Å². The third kappa shape index (κ3) is 4.71. The number of carbonyl (C=O) groups excluding carboxylic acids is 1. The van der Waals surface area contributed by atoms with Gasteiger partial charge in [0.1, 0.15) is 11.5 Å². The summed E-state index contributed by atoms with van der Waals surface area (Å²) in [7, 11) is 3.27. The third-order valence-corrected chi connectivity index (χ3v) is 5.75. The van der Waals surface area contributed by atoms with Crippen LogP contribution in [0.5, 0.6) is 11.5 Å². The molecule has 27 heavy (non-hydrogen) atoms. The maximum absolute atomic E-state index is 12.9. The fourth-order valence-corrected chi connectivity index (χ4v) is 4.24. The molecule has 0 bridgehead atoms. The molecule has 3 nitrogen and oxygen atoms in total. The minimum absolute atomic E-state index is 0.125. The quantitative estimate of drug-likeness (QED) is 0.461. The van der Waals surface area contributed by atoms with Gasteiger partial charge in [-0.25, -0.2) is 0 Å². The zero-order valence-corrected chi connectivity index (χ0v) is 18.4. The largest absolute Gasteiger partial charge is 0.496 e. The number of allylic oxidation sites excluding steroid dienone is 2. The zero-order chi connectivity index (χ0) is 19.4. The molecule has 0 amide bonds. The lowest BCUT2D eigenvalue weighted by atomic mass is 9.87. The molecule has 0 radical (unpaired) electrons. The topological polar surface area (TPSA) is 35.5 Å². The van der Waals surface area contributed by atoms with Crippen molar-refractivity contribution in [2.24, 2.45) is 0 Å². The highest BCUT2D eigenvalue weighted by molar-refractivity contribution is 9.10. The maximum atomic E-state index is 12.9. The van der Waals surface area contributed by atoms with E-state index < -0.39 is 0 Å². The van der Waals surface area contributed by atoms with Crippen molar-refractivity contribution in [1.82, 2.24) is 0 Å². The maximum Gasteiger partial charge on any atom is 0.185 e. The Morgan fingerprint density at radius 2 is 1.26 bits per heavy atom. The lowest BCUT2D eigenvalue weighted by molar-refractivity contribution is -0.112. The SMILES string of the molecule is COc1ccc(/C=C2/CCC/C(=C/c3ccc(OC)c(Br)c3)C2=O)cc1Br. The molecule has 5 heteroatoms. The van der Waals surface area contributed by atoms with Crippen LogP contribution >= 0.6 is 31.9 Å². The number of ether oxygens (including phenoxy) is 2. The number of hydrogen-bond acceptors (Lipinski definition) is 3. The molecule has 0 N–H and O–H groups in total. The second-order valence-electron chi connectivity index (χ2n) is 6.31. The highest BCUT2D eigenvalue weighted by Crippen LogP contribution is 2.32. The molecule has 0 aliphatic heterocycles. The van der Waals surface area contributed by atoms with Crippen LogP contribution in [-0.2, 0) is 4.79 Å². The molecule has 0 atom stereocenters. The van der Waals surface area contributed by atoms with Crippen molar-refractivity contribution in [3.8, 4) is 11.5 Å². The molecule has 0 heterocycles. The molecular weight excluding hydrogens is 472 g/mol. The molecule has 0 saturated heterocycles. The summed E-state index contributed by atoms with van der Waals surface area (Å²) in [5.41, 5.74) is 3.66. The average Bonchev–Trinajstić information content (AvgIpc) is 2.65. The van der Waals surface area contributed by atoms with E-state index in [2.05, 4.69) is 31.9 Å². The normalized spacial score (nSPS) is 17.4. The van der Waals surface area contributed by atoms with Gasteiger partial charge < -0.3 is 9.47 Å². The van der Waals surface area contributed by atoms with Crippen LogP contribution in [-0.4, -0.2) is 20.0 Å². The predicted molar refractivity (Wildman–Crippen MR) is 116 cm³/mol. The average molecular weight is 492 g/mol. The highest BCUT2D eigenvalue weighted by atomic mass is 79.9. The Kier molecular flexibility index (Phi) is 6.55. The molecule has 140 valence electrons. The van der Waals surface area contributed by atoms with Gasteiger partial charge in [0.05, 0.1) is 23.2 Å². The van der Waals surface area contributed by atoms with Crippen molar-refractivity contribution < 1.29 is 14.3 Å². The summed E-state index contributed by atoms with van der Waals surface area (Å²) in [5, 5.41) is 0. The summed E-state index contributed by atoms with van der Waals surface area (Å²) in [6.45, 7) is 0. The van der Waals surface area contributed by atoms with Gasteiger partial charge in [0.25, 0.3) is 0 Å². The van der Waals surface area contributed by atoms with E-state index in [0.29, 0.717) is 0 Å². The molecule has 0 unspecified atom stereocenters. The summed E-state index contributed by atoms with van der Waals surface area (Å²) >= 11 is 6.99. The van der Waals surface area contributed by atoms with Crippen LogP contribution in [0.25, 0.3) is 12.2 Å². The Balaban J connectivity index is 1.87. The van der Waals surface area contributed by atoms with E-state index in [1.807, 2.05) is 48.6 Å². The summed E-state index contributed by atoms with van der Waals surface area (Å²) in [6, 6.07) is 11.7. The highest BCUT2D eigenvalue weighted by Gasteiger charge is 2.20. The molecule has 1 fully saturated rings. The Morgan fingerprint density at radius 1 is 0.815 bits per heavy atom. The van der Waals surface area contributed by atoms with Crippen LogP contribution in [0.2, 0.25) is 0 Å². The van der Waals surface area contributed by atoms with E-state index in [0.717, 1.165) is 62.0 Å². The molecule has 1 aliphatic rings. The smallest absolute Gasteiger partial charge is 0.185 e. The van der Waals surface area contributed by atoms with E-state index in [-0.39, 0.29) is 5.78 Å². The van der Waals surface area contributed by atoms with Crippen molar-refractivity contribution in [1.29, 1.82) is 0 Å². The fraction of sp³-hybridized carbons (Fsp3) is 0.227. The minimum atomic E-state index is 0.125. The van der Waals surface area contributed by atoms with Gasteiger partial charge in [-0.05, 0) is 98.7 Å². The van der Waals surface area contributed by atoms with Gasteiger partial charge >= 0.3 is 0 Å². The van der Waals surface area contributed by atoms with Crippen molar-refractivity contribution in [2.45, 2.75) is 19.3 Å². The van der Waals surface area contributed by atoms with E-state index in [1.165, 1.54) is 0 Å². The second-order valence-corrected chi connectivity index (χ2v) is 8.02. The van der Waals surface area contributed by atoms with Crippen LogP contribution in [0.3, 0.4) is 0 Å². The Labute approximate surface area is 176 Å². The Bertz CT molecular complexity index is 856. The number of carbonyl (C=O) groups is 1. The number of methoxy groups -OCH3 is 2. The molecule has 1 aliphatic carbocycles. The summed E-state index contributed by atoms with van der Waals surface area (Å²) < 4.78 is 12.3. The first-order valence-corrected chi connectivity index (χ1v) is 10.2. The summed E-state index contributed by atoms with van der Waals surface area (Å²) in [6.07, 6.45) is 6.52. The first-order valence-electron chi connectivity index (χ1n) is 8.64. The summed E-state index contributed by atoms with van der Waals surface area (Å²) in [5.74, 6) is 1.68. The van der Waals surface area contributed by atoms with Crippen molar-refractivity contribution in [3.05, 3.63) is 67.6 Å². The molecular formula is C22H20Br2O3. The number of Topliss-reactive ketones (excluding diaryl/α,β-unsaturated/α-hetero) is 1. The van der Waals surface area contributed by atoms with Gasteiger partial charge in [-0.15, -0.1) is 0 Å². The Hall–Kier alpha value is -1.85. The molecule has 2 aromatic carbocycles. The molecule has 0 aromatic heterocycles. The van der Waals surface area contributed by atoms with Crippen LogP contribution in [0.4, 0.5) is 0 Å². The zero-order valence-electron chi connectivity index (χ0n) is 15.2. The van der Waals surface area contributed by atoms with Gasteiger partial charge in [0.15, 0.2) is 5.78 Å². The monoisotopic (exact) mass is 490 g/mol. The number of rotatable bonds is 4. The minimum Gasteiger partial charge on any atom is -0.496 e. The summed E-state index contributed by atoms with van der Waals surface area (Å²) in [4.78, 5) is 12.9. The number of hydrogen-bond donors (Lipinski definition) is 0. The lowest BCUT2D eigenvalue weighted by Crippen LogP contribution is -2.12. The molecule has 1 saturated carbocycles. The van der Waals surface area contributed by atoms with Gasteiger partial charge in [0, 0.05) is 11.1 Å². The Morgan fingerprint density at radius 3 is 1.63 bits per heavy atom. The van der Waals surface area contributed by atoms with Gasteiger partial charge in [-0.1, -0.05) is 12.1 Å². The van der Waals surface area contributed by atoms with E-state index in [4.69, 9.17) is 9.47 Å². The molecule has 2 aromatic rings. The standard InChI is InChI=1S/C22H20Br2O3/c1-26-20-8-6-14(12-18(20)23)10-16-4-3-5-17(22(16)25)11-15-7-9-21(27-2)19(24)13-15/h6-13H,3-5H2,1-2H3/b16-10-,17-11-.